The van der Waals surface area contributed by atoms with Crippen LogP contribution in [-0.4, -0.2) is 79.9 Å². The smallest absolute Gasteiger partial charge is 0.381 e. The molecule has 2 saturated heterocycles. The van der Waals surface area contributed by atoms with Gasteiger partial charge in [-0.1, -0.05) is 12.1 Å². The largest absolute Gasteiger partial charge is 0.416 e. The molecule has 2 amide bonds. The van der Waals surface area contributed by atoms with Gasteiger partial charge in [-0.2, -0.15) is 23.4 Å². The van der Waals surface area contributed by atoms with Crippen molar-refractivity contribution >= 4 is 45.3 Å². The highest BCUT2D eigenvalue weighted by molar-refractivity contribution is 6.07. The van der Waals surface area contributed by atoms with Gasteiger partial charge in [-0.25, -0.2) is 19.3 Å². The number of amides is 2. The second-order valence-electron chi connectivity index (χ2n) is 13.2. The number of fused-ring (bicyclic) bond motifs is 2. The molecule has 5 N–H and O–H groups in total. The van der Waals surface area contributed by atoms with Gasteiger partial charge in [-0.05, 0) is 64.2 Å². The number of alkyl halides is 3. The van der Waals surface area contributed by atoms with E-state index in [-0.39, 0.29) is 18.0 Å². The van der Waals surface area contributed by atoms with E-state index in [0.29, 0.717) is 47.8 Å². The van der Waals surface area contributed by atoms with E-state index in [1.807, 2.05) is 13.8 Å². The highest BCUT2D eigenvalue weighted by atomic mass is 19.4. The fourth-order valence-corrected chi connectivity index (χ4v) is 6.60. The third kappa shape index (κ3) is 8.57. The van der Waals surface area contributed by atoms with Gasteiger partial charge in [-0.15, -0.1) is 0 Å². The molecule has 0 saturated carbocycles. The molecular formula is C37H45F3N10O4. The van der Waals surface area contributed by atoms with E-state index < -0.39 is 23.7 Å². The Kier molecular flexibility index (Phi) is 12.0. The number of nitrogens with one attached hydrogen (secondary N) is 3. The fourth-order valence-electron chi connectivity index (χ4n) is 6.60. The number of halogens is 3. The molecule has 14 nitrogen and oxygen atoms in total. The lowest BCUT2D eigenvalue weighted by molar-refractivity contribution is -0.137. The summed E-state index contributed by atoms with van der Waals surface area (Å²) in [5, 5.41) is 20.1. The lowest BCUT2D eigenvalue weighted by Gasteiger charge is -2.26. The maximum atomic E-state index is 13.2. The highest BCUT2D eigenvalue weighted by Gasteiger charge is 2.30. The first kappa shape index (κ1) is 38.4. The SMILES string of the molecule is CCn1ncc2c(NC3CCOCC3)c(C(=O)NC(C)c3ccc(C(F)(F)F)cc3)cnc21.CCn1ncc2c(NC3CCOCC3)c(C(N)=O)cnc21. The Morgan fingerprint density at radius 1 is 0.796 bits per heavy atom. The molecule has 5 aromatic rings. The normalized spacial score (nSPS) is 16.1. The molecule has 2 aliphatic rings. The van der Waals surface area contributed by atoms with Gasteiger partial charge in [0, 0.05) is 64.0 Å². The standard InChI is InChI=1S/C23H26F3N5O2.C14H19N5O2/c1-3-31-21-18(13-28-31)20(30-17-8-10-33-11-9-17)19(12-27-21)22(32)29-14(2)15-4-6-16(7-5-15)23(24,25)26;1-2-19-14-11(8-17-19)12(10(7-16-14)13(15)20)18-9-3-5-21-6-4-9/h4-7,12-14,17H,3,8-11H2,1-2H3,(H,27,30)(H,29,32);7-9H,2-6H2,1H3,(H2,15,20)(H,16,18). The number of pyridine rings is 2. The third-order valence-electron chi connectivity index (χ3n) is 9.67. The van der Waals surface area contributed by atoms with Gasteiger partial charge in [0.25, 0.3) is 11.8 Å². The van der Waals surface area contributed by atoms with Crippen molar-refractivity contribution in [1.82, 2.24) is 34.8 Å². The van der Waals surface area contributed by atoms with E-state index in [1.165, 1.54) is 24.5 Å². The number of benzene rings is 1. The van der Waals surface area contributed by atoms with Crippen LogP contribution in [0, 0.1) is 0 Å². The molecule has 288 valence electrons. The number of aromatic nitrogens is 6. The Morgan fingerprint density at radius 2 is 1.26 bits per heavy atom. The number of carbonyl (C=O) groups is 2. The minimum absolute atomic E-state index is 0.146. The molecule has 2 fully saturated rings. The van der Waals surface area contributed by atoms with Crippen LogP contribution < -0.4 is 21.7 Å². The predicted molar refractivity (Wildman–Crippen MR) is 197 cm³/mol. The summed E-state index contributed by atoms with van der Waals surface area (Å²) < 4.78 is 52.9. The van der Waals surface area contributed by atoms with E-state index in [4.69, 9.17) is 15.2 Å². The molecule has 1 atom stereocenters. The summed E-state index contributed by atoms with van der Waals surface area (Å²) in [4.78, 5) is 33.7. The third-order valence-corrected chi connectivity index (χ3v) is 9.67. The van der Waals surface area contributed by atoms with Crippen LogP contribution >= 0.6 is 0 Å². The second-order valence-corrected chi connectivity index (χ2v) is 13.2. The summed E-state index contributed by atoms with van der Waals surface area (Å²) in [6.45, 7) is 9.81. The van der Waals surface area contributed by atoms with E-state index in [9.17, 15) is 22.8 Å². The first-order valence-electron chi connectivity index (χ1n) is 18.1. The first-order chi connectivity index (χ1) is 26.0. The molecular weight excluding hydrogens is 705 g/mol. The van der Waals surface area contributed by atoms with Crippen molar-refractivity contribution in [3.05, 3.63) is 71.3 Å². The van der Waals surface area contributed by atoms with Crippen molar-refractivity contribution in [2.45, 2.75) is 83.8 Å². The van der Waals surface area contributed by atoms with Gasteiger partial charge in [0.05, 0.1) is 57.3 Å². The van der Waals surface area contributed by atoms with Crippen molar-refractivity contribution in [2.75, 3.05) is 37.1 Å². The fraction of sp³-hybridized carbons (Fsp3) is 0.459. The van der Waals surface area contributed by atoms with E-state index >= 15 is 0 Å². The molecule has 0 bridgehead atoms. The van der Waals surface area contributed by atoms with E-state index in [2.05, 4.69) is 36.1 Å². The zero-order valence-electron chi connectivity index (χ0n) is 30.4. The molecule has 7 rings (SSSR count). The molecule has 54 heavy (non-hydrogen) atoms. The molecule has 0 aliphatic carbocycles. The second kappa shape index (κ2) is 16.8. The van der Waals surface area contributed by atoms with Crippen LogP contribution in [0.1, 0.15) is 84.3 Å². The number of hydrogen-bond acceptors (Lipinski definition) is 10. The number of nitrogens with zero attached hydrogens (tertiary/aromatic N) is 6. The lowest BCUT2D eigenvalue weighted by atomic mass is 10.0. The number of hydrogen-bond donors (Lipinski definition) is 4. The highest BCUT2D eigenvalue weighted by Crippen LogP contribution is 2.32. The average molecular weight is 751 g/mol. The number of ether oxygens (including phenoxy) is 2. The summed E-state index contributed by atoms with van der Waals surface area (Å²) in [6.07, 6.45) is 5.52. The average Bonchev–Trinajstić information content (AvgIpc) is 3.80. The van der Waals surface area contributed by atoms with Crippen molar-refractivity contribution in [3.8, 4) is 0 Å². The topological polar surface area (TPSA) is 176 Å². The zero-order valence-corrected chi connectivity index (χ0v) is 30.4. The molecule has 6 heterocycles. The van der Waals surface area contributed by atoms with E-state index in [0.717, 1.165) is 79.7 Å². The van der Waals surface area contributed by atoms with Crippen LogP contribution in [0.4, 0.5) is 24.5 Å². The quantitative estimate of drug-likeness (QED) is 0.139. The van der Waals surface area contributed by atoms with Gasteiger partial charge in [-0.3, -0.25) is 9.59 Å². The summed E-state index contributed by atoms with van der Waals surface area (Å²) >= 11 is 0. The lowest BCUT2D eigenvalue weighted by Crippen LogP contribution is -2.31. The maximum Gasteiger partial charge on any atom is 0.416 e. The molecule has 1 aromatic carbocycles. The summed E-state index contributed by atoms with van der Waals surface area (Å²) in [7, 11) is 0. The maximum absolute atomic E-state index is 13.2. The van der Waals surface area contributed by atoms with Crippen LogP contribution in [0.15, 0.2) is 49.1 Å². The van der Waals surface area contributed by atoms with Gasteiger partial charge in [0.15, 0.2) is 11.3 Å². The van der Waals surface area contributed by atoms with Gasteiger partial charge in [0.2, 0.25) is 0 Å². The van der Waals surface area contributed by atoms with Gasteiger partial charge in [0.1, 0.15) is 0 Å². The Bertz CT molecular complexity index is 2070. The number of nitrogens with two attached hydrogens (primary N) is 1. The van der Waals surface area contributed by atoms with Crippen molar-refractivity contribution < 1.29 is 32.2 Å². The number of aryl methyl sites for hydroxylation is 2. The van der Waals surface area contributed by atoms with Gasteiger partial charge >= 0.3 is 6.18 Å². The molecule has 17 heteroatoms. The molecule has 0 radical (unpaired) electrons. The monoisotopic (exact) mass is 750 g/mol. The minimum Gasteiger partial charge on any atom is -0.381 e. The molecule has 4 aromatic heterocycles. The van der Waals surface area contributed by atoms with Crippen LogP contribution in [0.2, 0.25) is 0 Å². The van der Waals surface area contributed by atoms with Crippen LogP contribution in [0.5, 0.6) is 0 Å². The van der Waals surface area contributed by atoms with Crippen LogP contribution in [-0.2, 0) is 28.7 Å². The minimum atomic E-state index is -4.40. The van der Waals surface area contributed by atoms with E-state index in [1.54, 1.807) is 28.7 Å². The Hall–Kier alpha value is -5.29. The Balaban J connectivity index is 0.000000203. The van der Waals surface area contributed by atoms with Crippen LogP contribution in [0.25, 0.3) is 22.1 Å². The summed E-state index contributed by atoms with van der Waals surface area (Å²) in [5.74, 6) is -0.848. The van der Waals surface area contributed by atoms with Crippen molar-refractivity contribution in [1.29, 1.82) is 0 Å². The van der Waals surface area contributed by atoms with Crippen molar-refractivity contribution in [3.63, 3.8) is 0 Å². The molecule has 0 spiro atoms. The van der Waals surface area contributed by atoms with Gasteiger partial charge < -0.3 is 31.2 Å². The molecule has 1 unspecified atom stereocenters. The number of carbonyl (C=O) groups excluding carboxylic acids is 2. The summed E-state index contributed by atoms with van der Waals surface area (Å²) in [5.41, 5.74) is 8.93. The van der Waals surface area contributed by atoms with Crippen molar-refractivity contribution in [2.24, 2.45) is 5.73 Å². The first-order valence-corrected chi connectivity index (χ1v) is 18.1. The summed E-state index contributed by atoms with van der Waals surface area (Å²) in [6, 6.07) is 4.71. The Morgan fingerprint density at radius 3 is 1.70 bits per heavy atom. The zero-order chi connectivity index (χ0) is 38.4. The molecule has 2 aliphatic heterocycles. The number of primary amides is 1. The Labute approximate surface area is 310 Å². The van der Waals surface area contributed by atoms with Crippen LogP contribution in [0.3, 0.4) is 0 Å². The number of anilines is 2. The number of rotatable bonds is 10. The predicted octanol–water partition coefficient (Wildman–Crippen LogP) is 5.69.